The Balaban J connectivity index is 0.795. The number of nitrogens with zero attached hydrogens (tertiary/aromatic N) is 4. The van der Waals surface area contributed by atoms with Crippen molar-refractivity contribution in [2.45, 2.75) is 121 Å². The van der Waals surface area contributed by atoms with Crippen LogP contribution in [0.4, 0.5) is 5.69 Å². The molecular weight excluding hydrogens is 775 g/mol. The fourth-order valence-corrected chi connectivity index (χ4v) is 10.5. The van der Waals surface area contributed by atoms with Crippen LogP contribution in [0.3, 0.4) is 0 Å². The van der Waals surface area contributed by atoms with Gasteiger partial charge < -0.3 is 34.4 Å². The van der Waals surface area contributed by atoms with Gasteiger partial charge in [0.15, 0.2) is 12.4 Å². The molecule has 4 aliphatic rings. The van der Waals surface area contributed by atoms with Crippen LogP contribution in [-0.2, 0) is 38.4 Å². The first-order chi connectivity index (χ1) is 28.2. The number of benzene rings is 1. The van der Waals surface area contributed by atoms with E-state index in [2.05, 4.69) is 45.4 Å². The number of carbonyl (C=O) groups excluding carboxylic acids is 3. The Labute approximate surface area is 351 Å². The number of likely N-dealkylation sites (tertiary alicyclic amines) is 1. The number of rotatable bonds is 17. The molecule has 14 heteroatoms. The van der Waals surface area contributed by atoms with Gasteiger partial charge in [0.25, 0.3) is 11.8 Å². The maximum absolute atomic E-state index is 13.5. The van der Waals surface area contributed by atoms with Gasteiger partial charge in [-0.05, 0) is 73.6 Å². The summed E-state index contributed by atoms with van der Waals surface area (Å²) in [5, 5.41) is 18.0. The van der Waals surface area contributed by atoms with E-state index in [0.29, 0.717) is 68.4 Å². The molecule has 7 rings (SSSR count). The number of aryl methyl sites for hydroxylation is 1. The lowest BCUT2D eigenvalue weighted by atomic mass is 9.89. The summed E-state index contributed by atoms with van der Waals surface area (Å²) in [7, 11) is 0. The molecule has 58 heavy (non-hydrogen) atoms. The van der Waals surface area contributed by atoms with Crippen LogP contribution in [0.25, 0.3) is 0 Å². The average Bonchev–Trinajstić information content (AvgIpc) is 3.92. The van der Waals surface area contributed by atoms with Crippen LogP contribution in [0.5, 0.6) is 11.5 Å². The molecule has 3 amide bonds. The number of ether oxygens (including phenoxy) is 3. The lowest BCUT2D eigenvalue weighted by Gasteiger charge is -2.47. The molecule has 1 aromatic carbocycles. The van der Waals surface area contributed by atoms with Gasteiger partial charge in [-0.25, -0.2) is 4.98 Å². The van der Waals surface area contributed by atoms with E-state index in [1.807, 2.05) is 16.3 Å². The summed E-state index contributed by atoms with van der Waals surface area (Å²) >= 11 is 3.35. The number of nitrogens with one attached hydrogen (secondary N) is 1. The van der Waals surface area contributed by atoms with E-state index in [-0.39, 0.29) is 35.7 Å². The molecule has 1 spiro atoms. The molecule has 0 atom stereocenters. The molecule has 1 aliphatic carbocycles. The number of anilines is 1. The van der Waals surface area contributed by atoms with Crippen molar-refractivity contribution in [3.8, 4) is 11.5 Å². The summed E-state index contributed by atoms with van der Waals surface area (Å²) < 4.78 is 18.0. The number of hydrogen-bond donors (Lipinski definition) is 2. The standard InChI is InChI=1S/C44H61N5O7S2/c1-31(2)42-45-36(29-58-42)43(53)48-21-24-56-44(30-48)16-19-47(20-17-44)26-32-25-35(57-28-32)14-22-54-23-15-39(52)49(34-10-6-3-7-11-34)18-8-4-5-9-33-12-13-37(50)40-41(33)55-27-38(51)46-40/h12-13,25,28-29,31,34,50H,3-11,14-24,26-27,30H2,1-2H3,(H,46,51). The zero-order valence-electron chi connectivity index (χ0n) is 34.3. The number of phenolic OH excluding ortho intramolecular Hbond substituents is 1. The number of thiazole rings is 1. The first-order valence-corrected chi connectivity index (χ1v) is 23.2. The van der Waals surface area contributed by atoms with Crippen LogP contribution in [-0.4, -0.2) is 113 Å². The monoisotopic (exact) mass is 835 g/mol. The molecule has 5 heterocycles. The summed E-state index contributed by atoms with van der Waals surface area (Å²) in [5.41, 5.74) is 2.95. The van der Waals surface area contributed by atoms with Gasteiger partial charge in [0.2, 0.25) is 5.91 Å². The van der Waals surface area contributed by atoms with Crippen molar-refractivity contribution in [1.82, 2.24) is 19.7 Å². The second-order valence-electron chi connectivity index (χ2n) is 16.8. The van der Waals surface area contributed by atoms with E-state index in [0.717, 1.165) is 94.5 Å². The minimum absolute atomic E-state index is 0.0175. The molecule has 0 unspecified atom stereocenters. The fourth-order valence-electron chi connectivity index (χ4n) is 8.82. The maximum atomic E-state index is 13.5. The Morgan fingerprint density at radius 2 is 1.88 bits per heavy atom. The van der Waals surface area contributed by atoms with E-state index in [1.54, 1.807) is 28.7 Å². The van der Waals surface area contributed by atoms with Gasteiger partial charge in [-0.15, -0.1) is 22.7 Å². The highest BCUT2D eigenvalue weighted by molar-refractivity contribution is 7.10. The highest BCUT2D eigenvalue weighted by Crippen LogP contribution is 2.40. The van der Waals surface area contributed by atoms with E-state index >= 15 is 0 Å². The summed E-state index contributed by atoms with van der Waals surface area (Å²) in [5.74, 6) is 0.863. The number of amides is 3. The number of phenols is 1. The predicted octanol–water partition coefficient (Wildman–Crippen LogP) is 7.40. The lowest BCUT2D eigenvalue weighted by molar-refractivity contribution is -0.135. The zero-order chi connectivity index (χ0) is 40.5. The first-order valence-electron chi connectivity index (χ1n) is 21.5. The Kier molecular flexibility index (Phi) is 14.8. The number of fused-ring (bicyclic) bond motifs is 1. The minimum Gasteiger partial charge on any atom is -0.506 e. The molecule has 1 saturated carbocycles. The topological polar surface area (TPSA) is 134 Å². The third-order valence-corrected chi connectivity index (χ3v) is 14.3. The van der Waals surface area contributed by atoms with Gasteiger partial charge in [-0.3, -0.25) is 19.3 Å². The maximum Gasteiger partial charge on any atom is 0.273 e. The molecular formula is C44H61N5O7S2. The number of piperidine rings is 1. The van der Waals surface area contributed by atoms with Gasteiger partial charge >= 0.3 is 0 Å². The minimum atomic E-state index is -0.276. The molecule has 3 aromatic rings. The van der Waals surface area contributed by atoms with Crippen LogP contribution in [0.1, 0.15) is 122 Å². The fraction of sp³-hybridized carbons (Fsp3) is 0.636. The number of aromatic hydroxyl groups is 1. The molecule has 2 saturated heterocycles. The van der Waals surface area contributed by atoms with Gasteiger partial charge in [0.1, 0.15) is 17.1 Å². The third-order valence-electron chi connectivity index (χ3n) is 12.1. The van der Waals surface area contributed by atoms with Crippen LogP contribution in [0.15, 0.2) is 29.0 Å². The Morgan fingerprint density at radius 3 is 2.67 bits per heavy atom. The highest BCUT2D eigenvalue weighted by atomic mass is 32.1. The molecule has 3 fully saturated rings. The van der Waals surface area contributed by atoms with Crippen LogP contribution in [0.2, 0.25) is 0 Å². The van der Waals surface area contributed by atoms with E-state index < -0.39 is 0 Å². The van der Waals surface area contributed by atoms with Crippen molar-refractivity contribution >= 4 is 46.1 Å². The van der Waals surface area contributed by atoms with Crippen molar-refractivity contribution < 1.29 is 33.7 Å². The second-order valence-corrected chi connectivity index (χ2v) is 18.7. The third kappa shape index (κ3) is 11.0. The van der Waals surface area contributed by atoms with Crippen LogP contribution in [0, 0.1) is 0 Å². The smallest absolute Gasteiger partial charge is 0.273 e. The Hall–Kier alpha value is -3.56. The quantitative estimate of drug-likeness (QED) is 0.106. The zero-order valence-corrected chi connectivity index (χ0v) is 35.9. The van der Waals surface area contributed by atoms with Gasteiger partial charge in [-0.2, -0.15) is 0 Å². The number of thiophene rings is 1. The van der Waals surface area contributed by atoms with E-state index in [4.69, 9.17) is 14.2 Å². The summed E-state index contributed by atoms with van der Waals surface area (Å²) in [6.07, 6.45) is 12.4. The van der Waals surface area contributed by atoms with Gasteiger partial charge in [0, 0.05) is 61.4 Å². The normalized spacial score (nSPS) is 18.6. The summed E-state index contributed by atoms with van der Waals surface area (Å²) in [6.45, 7) is 10.6. The van der Waals surface area contributed by atoms with Crippen molar-refractivity contribution in [1.29, 1.82) is 0 Å². The molecule has 12 nitrogen and oxygen atoms in total. The predicted molar refractivity (Wildman–Crippen MR) is 227 cm³/mol. The largest absolute Gasteiger partial charge is 0.506 e. The molecule has 0 bridgehead atoms. The van der Waals surface area contributed by atoms with E-state index in [1.165, 1.54) is 29.7 Å². The van der Waals surface area contributed by atoms with Crippen molar-refractivity contribution in [2.24, 2.45) is 0 Å². The van der Waals surface area contributed by atoms with E-state index in [9.17, 15) is 19.5 Å². The van der Waals surface area contributed by atoms with Crippen LogP contribution < -0.4 is 10.1 Å². The average molecular weight is 836 g/mol. The SMILES string of the molecule is CC(C)c1nc(C(=O)N2CCOC3(CCN(Cc4csc(CCOCCC(=O)N(CCCCCc5ccc(O)c6c5OCC(=O)N6)C5CCCCC5)c4)CC3)C2)cs1. The molecule has 0 radical (unpaired) electrons. The molecule has 3 aliphatic heterocycles. The number of unbranched alkanes of at least 4 members (excludes halogenated alkanes) is 2. The number of aromatic nitrogens is 1. The number of carbonyl (C=O) groups is 3. The van der Waals surface area contributed by atoms with Gasteiger partial charge in [0.05, 0.1) is 43.4 Å². The first kappa shape index (κ1) is 42.6. The summed E-state index contributed by atoms with van der Waals surface area (Å²) in [6, 6.07) is 6.09. The molecule has 316 valence electrons. The number of morpholine rings is 1. The van der Waals surface area contributed by atoms with Crippen molar-refractivity contribution in [3.63, 3.8) is 0 Å². The Bertz CT molecular complexity index is 1850. The Morgan fingerprint density at radius 1 is 1.05 bits per heavy atom. The number of hydrogen-bond acceptors (Lipinski definition) is 11. The van der Waals surface area contributed by atoms with Crippen molar-refractivity contribution in [3.05, 3.63) is 55.7 Å². The van der Waals surface area contributed by atoms with Gasteiger partial charge in [-0.1, -0.05) is 45.6 Å². The van der Waals surface area contributed by atoms with Crippen molar-refractivity contribution in [2.75, 3.05) is 64.5 Å². The van der Waals surface area contributed by atoms with Crippen LogP contribution >= 0.6 is 22.7 Å². The summed E-state index contributed by atoms with van der Waals surface area (Å²) in [4.78, 5) is 51.1. The second kappa shape index (κ2) is 20.1. The molecule has 2 aromatic heterocycles. The molecule has 2 N–H and O–H groups in total. The lowest BCUT2D eigenvalue weighted by Crippen LogP contribution is -2.57. The highest BCUT2D eigenvalue weighted by Gasteiger charge is 2.41.